The van der Waals surface area contributed by atoms with Crippen molar-refractivity contribution in [1.29, 1.82) is 0 Å². The lowest BCUT2D eigenvalue weighted by Crippen LogP contribution is -2.24. The van der Waals surface area contributed by atoms with Crippen molar-refractivity contribution in [3.8, 4) is 0 Å². The maximum Gasteiger partial charge on any atom is 0.348 e. The first-order valence-electron chi connectivity index (χ1n) is 7.59. The topological polar surface area (TPSA) is 102 Å². The summed E-state index contributed by atoms with van der Waals surface area (Å²) in [4.78, 5) is 24.6. The molecule has 2 rings (SSSR count). The average molecular weight is 418 g/mol. The van der Waals surface area contributed by atoms with Gasteiger partial charge in [-0.15, -0.1) is 11.3 Å². The molecule has 2 N–H and O–H groups in total. The van der Waals surface area contributed by atoms with Crippen LogP contribution in [0.5, 0.6) is 0 Å². The summed E-state index contributed by atoms with van der Waals surface area (Å²) in [6, 6.07) is 5.81. The summed E-state index contributed by atoms with van der Waals surface area (Å²) in [5.41, 5.74) is -0.228. The fourth-order valence-corrected chi connectivity index (χ4v) is 3.33. The number of amides is 1. The molecule has 0 atom stereocenters. The van der Waals surface area contributed by atoms with E-state index in [0.29, 0.717) is 12.5 Å². The van der Waals surface area contributed by atoms with Crippen molar-refractivity contribution in [3.05, 3.63) is 51.7 Å². The molecule has 1 amide bonds. The number of esters is 1. The van der Waals surface area contributed by atoms with Gasteiger partial charge < -0.3 is 10.1 Å². The molecule has 0 saturated carbocycles. The van der Waals surface area contributed by atoms with Gasteiger partial charge in [0.15, 0.2) is 6.61 Å². The van der Waals surface area contributed by atoms with Crippen LogP contribution in [0.1, 0.15) is 14.5 Å². The second-order valence-corrected chi connectivity index (χ2v) is 8.43. The van der Waals surface area contributed by atoms with Crippen LogP contribution >= 0.6 is 11.3 Å². The highest BCUT2D eigenvalue weighted by molar-refractivity contribution is 7.88. The SMILES string of the molecule is CS(=O)(=O)NCCc1ccc(C(=O)OCC(=O)Nc2ccc(F)cc2F)s1. The summed E-state index contributed by atoms with van der Waals surface area (Å²) in [6.07, 6.45) is 1.45. The lowest BCUT2D eigenvalue weighted by molar-refractivity contribution is -0.119. The van der Waals surface area contributed by atoms with Crippen molar-refractivity contribution in [2.75, 3.05) is 24.7 Å². The van der Waals surface area contributed by atoms with Crippen LogP contribution in [-0.4, -0.2) is 39.7 Å². The van der Waals surface area contributed by atoms with E-state index >= 15 is 0 Å². The molecule has 1 heterocycles. The Labute approximate surface area is 158 Å². The van der Waals surface area contributed by atoms with E-state index in [2.05, 4.69) is 10.0 Å². The van der Waals surface area contributed by atoms with Gasteiger partial charge in [-0.3, -0.25) is 4.79 Å². The Bertz CT molecular complexity index is 944. The van der Waals surface area contributed by atoms with E-state index in [1.807, 2.05) is 0 Å². The van der Waals surface area contributed by atoms with E-state index in [9.17, 15) is 26.8 Å². The first kappa shape index (κ1) is 20.9. The van der Waals surface area contributed by atoms with Gasteiger partial charge in [-0.2, -0.15) is 0 Å². The standard InChI is InChI=1S/C16H16F2N2O5S2/c1-27(23,24)19-7-6-11-3-5-14(26-11)16(22)25-9-15(21)20-13-4-2-10(17)8-12(13)18/h2-5,8,19H,6-7,9H2,1H3,(H,20,21). The van der Waals surface area contributed by atoms with Gasteiger partial charge in [0.05, 0.1) is 11.9 Å². The van der Waals surface area contributed by atoms with E-state index in [1.54, 1.807) is 6.07 Å². The minimum Gasteiger partial charge on any atom is -0.451 e. The van der Waals surface area contributed by atoms with Gasteiger partial charge in [-0.25, -0.2) is 26.7 Å². The normalized spacial score (nSPS) is 11.2. The molecule has 0 fully saturated rings. The molecular formula is C16H16F2N2O5S2. The van der Waals surface area contributed by atoms with Gasteiger partial charge in [0, 0.05) is 17.5 Å². The van der Waals surface area contributed by atoms with Gasteiger partial charge in [0.25, 0.3) is 5.91 Å². The van der Waals surface area contributed by atoms with E-state index in [0.717, 1.165) is 34.6 Å². The third kappa shape index (κ3) is 7.04. The van der Waals surface area contributed by atoms with Crippen molar-refractivity contribution < 1.29 is 31.5 Å². The predicted molar refractivity (Wildman–Crippen MR) is 96.1 cm³/mol. The molecule has 7 nitrogen and oxygen atoms in total. The first-order chi connectivity index (χ1) is 12.6. The molecule has 0 unspecified atom stereocenters. The van der Waals surface area contributed by atoms with Crippen LogP contribution in [0.25, 0.3) is 0 Å². The summed E-state index contributed by atoms with van der Waals surface area (Å²) < 4.78 is 55.4. The Hall–Kier alpha value is -2.37. The number of thiophene rings is 1. The molecule has 0 saturated heterocycles. The van der Waals surface area contributed by atoms with Crippen LogP contribution in [0, 0.1) is 11.6 Å². The zero-order valence-corrected chi connectivity index (χ0v) is 15.8. The molecule has 0 aliphatic rings. The largest absolute Gasteiger partial charge is 0.451 e. The number of rotatable bonds is 8. The van der Waals surface area contributed by atoms with Crippen molar-refractivity contribution in [2.24, 2.45) is 0 Å². The quantitative estimate of drug-likeness (QED) is 0.638. The second kappa shape index (κ2) is 9.02. The number of sulfonamides is 1. The third-order valence-corrected chi connectivity index (χ3v) is 4.99. The Morgan fingerprint density at radius 1 is 1.19 bits per heavy atom. The van der Waals surface area contributed by atoms with Gasteiger partial charge in [0.1, 0.15) is 16.5 Å². The molecule has 11 heteroatoms. The van der Waals surface area contributed by atoms with Gasteiger partial charge in [0.2, 0.25) is 10.0 Å². The minimum absolute atomic E-state index is 0.194. The molecule has 2 aromatic rings. The second-order valence-electron chi connectivity index (χ2n) is 5.43. The van der Waals surface area contributed by atoms with Crippen molar-refractivity contribution >= 4 is 38.9 Å². The van der Waals surface area contributed by atoms with Crippen molar-refractivity contribution in [1.82, 2.24) is 4.72 Å². The minimum atomic E-state index is -3.28. The molecule has 27 heavy (non-hydrogen) atoms. The van der Waals surface area contributed by atoms with E-state index < -0.39 is 40.1 Å². The first-order valence-corrected chi connectivity index (χ1v) is 10.3. The average Bonchev–Trinajstić information content (AvgIpc) is 3.03. The Morgan fingerprint density at radius 2 is 1.93 bits per heavy atom. The molecule has 1 aromatic heterocycles. The molecule has 1 aromatic carbocycles. The summed E-state index contributed by atoms with van der Waals surface area (Å²) in [6.45, 7) is -0.446. The molecule has 0 spiro atoms. The van der Waals surface area contributed by atoms with Crippen LogP contribution in [0.15, 0.2) is 30.3 Å². The van der Waals surface area contributed by atoms with Crippen LogP contribution in [-0.2, 0) is 26.0 Å². The highest BCUT2D eigenvalue weighted by atomic mass is 32.2. The van der Waals surface area contributed by atoms with Gasteiger partial charge >= 0.3 is 5.97 Å². The summed E-state index contributed by atoms with van der Waals surface area (Å²) in [5, 5.41) is 2.17. The van der Waals surface area contributed by atoms with Crippen LogP contribution in [0.4, 0.5) is 14.5 Å². The highest BCUT2D eigenvalue weighted by Gasteiger charge is 2.14. The molecule has 0 aliphatic heterocycles. The van der Waals surface area contributed by atoms with Gasteiger partial charge in [-0.05, 0) is 30.7 Å². The third-order valence-electron chi connectivity index (χ3n) is 3.14. The number of benzene rings is 1. The van der Waals surface area contributed by atoms with E-state index in [-0.39, 0.29) is 17.1 Å². The number of hydrogen-bond donors (Lipinski definition) is 2. The molecule has 0 bridgehead atoms. The van der Waals surface area contributed by atoms with Crippen LogP contribution in [0.2, 0.25) is 0 Å². The fourth-order valence-electron chi connectivity index (χ4n) is 1.96. The fraction of sp³-hybridized carbons (Fsp3) is 0.250. The Balaban J connectivity index is 1.82. The summed E-state index contributed by atoms with van der Waals surface area (Å²) >= 11 is 1.11. The lowest BCUT2D eigenvalue weighted by Gasteiger charge is -2.07. The molecule has 146 valence electrons. The number of hydrogen-bond acceptors (Lipinski definition) is 6. The molecular weight excluding hydrogens is 402 g/mol. The maximum absolute atomic E-state index is 13.4. The van der Waals surface area contributed by atoms with Crippen molar-refractivity contribution in [2.45, 2.75) is 6.42 Å². The van der Waals surface area contributed by atoms with E-state index in [1.165, 1.54) is 6.07 Å². The number of halogens is 2. The number of ether oxygens (including phenoxy) is 1. The van der Waals surface area contributed by atoms with Gasteiger partial charge in [-0.1, -0.05) is 0 Å². The van der Waals surface area contributed by atoms with Crippen LogP contribution in [0.3, 0.4) is 0 Å². The smallest absolute Gasteiger partial charge is 0.348 e. The number of nitrogens with one attached hydrogen (secondary N) is 2. The summed E-state index contributed by atoms with van der Waals surface area (Å²) in [7, 11) is -3.28. The van der Waals surface area contributed by atoms with E-state index in [4.69, 9.17) is 4.74 Å². The number of anilines is 1. The maximum atomic E-state index is 13.4. The zero-order valence-electron chi connectivity index (χ0n) is 14.1. The predicted octanol–water partition coefficient (Wildman–Crippen LogP) is 1.91. The number of carbonyl (C=O) groups excluding carboxylic acids is 2. The molecule has 0 aliphatic carbocycles. The zero-order chi connectivity index (χ0) is 20.0. The monoisotopic (exact) mass is 418 g/mol. The lowest BCUT2D eigenvalue weighted by atomic mass is 10.3. The highest BCUT2D eigenvalue weighted by Crippen LogP contribution is 2.18. The Kier molecular flexibility index (Phi) is 6.99. The Morgan fingerprint density at radius 3 is 2.59 bits per heavy atom. The molecule has 0 radical (unpaired) electrons. The number of carbonyl (C=O) groups is 2. The van der Waals surface area contributed by atoms with Crippen molar-refractivity contribution in [3.63, 3.8) is 0 Å². The summed E-state index contributed by atoms with van der Waals surface area (Å²) in [5.74, 6) is -3.24. The van der Waals surface area contributed by atoms with Crippen LogP contribution < -0.4 is 10.0 Å².